The van der Waals surface area contributed by atoms with Crippen LogP contribution >= 0.6 is 11.8 Å². The van der Waals surface area contributed by atoms with Gasteiger partial charge in [0.1, 0.15) is 0 Å². The Kier molecular flexibility index (Phi) is 7.41. The minimum atomic E-state index is -0.466. The van der Waals surface area contributed by atoms with E-state index in [0.29, 0.717) is 22.2 Å². The van der Waals surface area contributed by atoms with Gasteiger partial charge in [-0.25, -0.2) is 0 Å². The van der Waals surface area contributed by atoms with E-state index < -0.39 is 5.25 Å². The predicted molar refractivity (Wildman–Crippen MR) is 139 cm³/mol. The third-order valence-corrected chi connectivity index (χ3v) is 6.58. The molecule has 2 aromatic heterocycles. The molecule has 178 valence electrons. The van der Waals surface area contributed by atoms with Crippen molar-refractivity contribution in [3.8, 4) is 17.1 Å². The maximum Gasteiger partial charge on any atom is 0.237 e. The average Bonchev–Trinajstić information content (AvgIpc) is 3.27. The summed E-state index contributed by atoms with van der Waals surface area (Å²) in [6.45, 7) is 7.61. The number of ketones is 1. The number of carbonyl (C=O) groups is 2. The van der Waals surface area contributed by atoms with Gasteiger partial charge in [-0.15, -0.1) is 10.2 Å². The third kappa shape index (κ3) is 5.49. The highest BCUT2D eigenvalue weighted by Gasteiger charge is 2.24. The maximum atomic E-state index is 13.0. The fraction of sp³-hybridized carbons (Fsp3) is 0.222. The molecule has 0 radical (unpaired) electrons. The number of aromatic nitrogens is 4. The number of benzene rings is 2. The highest BCUT2D eigenvalue weighted by atomic mass is 32.2. The summed E-state index contributed by atoms with van der Waals surface area (Å²) in [6.07, 6.45) is 3.47. The van der Waals surface area contributed by atoms with Gasteiger partial charge in [-0.3, -0.25) is 19.1 Å². The summed E-state index contributed by atoms with van der Waals surface area (Å²) < 4.78 is 2.00. The Morgan fingerprint density at radius 2 is 1.77 bits per heavy atom. The second-order valence-electron chi connectivity index (χ2n) is 8.48. The smallest absolute Gasteiger partial charge is 0.237 e. The average molecular weight is 486 g/mol. The molecule has 0 fully saturated rings. The minimum Gasteiger partial charge on any atom is -0.325 e. The van der Waals surface area contributed by atoms with Gasteiger partial charge in [0.25, 0.3) is 0 Å². The molecule has 35 heavy (non-hydrogen) atoms. The van der Waals surface area contributed by atoms with E-state index in [1.807, 2.05) is 41.8 Å². The molecule has 4 aromatic rings. The van der Waals surface area contributed by atoms with Gasteiger partial charge in [-0.05, 0) is 55.7 Å². The SMILES string of the molecule is CC(=O)c1cccc(NC(=O)C(C)Sc2nnc(-c3cccnc3)n2-c2ccccc2C(C)C)c1. The second-order valence-corrected chi connectivity index (χ2v) is 9.79. The van der Waals surface area contributed by atoms with Gasteiger partial charge in [-0.2, -0.15) is 0 Å². The molecular weight excluding hydrogens is 458 g/mol. The minimum absolute atomic E-state index is 0.0524. The molecule has 0 aliphatic heterocycles. The molecule has 1 unspecified atom stereocenters. The molecule has 0 saturated carbocycles. The summed E-state index contributed by atoms with van der Waals surface area (Å²) >= 11 is 1.33. The van der Waals surface area contributed by atoms with Crippen molar-refractivity contribution >= 4 is 29.1 Å². The van der Waals surface area contributed by atoms with Crippen LogP contribution in [0.15, 0.2) is 78.2 Å². The predicted octanol–water partition coefficient (Wildman–Crippen LogP) is 5.77. The number of rotatable bonds is 8. The van der Waals surface area contributed by atoms with E-state index >= 15 is 0 Å². The van der Waals surface area contributed by atoms with E-state index in [1.54, 1.807) is 36.7 Å². The normalized spacial score (nSPS) is 11.9. The summed E-state index contributed by atoms with van der Waals surface area (Å²) in [5.74, 6) is 0.701. The van der Waals surface area contributed by atoms with E-state index in [2.05, 4.69) is 40.4 Å². The highest BCUT2D eigenvalue weighted by molar-refractivity contribution is 8.00. The topological polar surface area (TPSA) is 89.8 Å². The largest absolute Gasteiger partial charge is 0.325 e. The summed E-state index contributed by atoms with van der Waals surface area (Å²) in [5, 5.41) is 12.0. The number of pyridine rings is 1. The second kappa shape index (κ2) is 10.7. The molecule has 1 amide bonds. The molecule has 0 aliphatic carbocycles. The third-order valence-electron chi connectivity index (χ3n) is 5.54. The summed E-state index contributed by atoms with van der Waals surface area (Å²) in [6, 6.07) is 18.9. The Morgan fingerprint density at radius 3 is 2.49 bits per heavy atom. The quantitative estimate of drug-likeness (QED) is 0.252. The standard InChI is InChI=1S/C27H27N5O2S/c1-17(2)23-12-5-6-13-24(23)32-25(21-10-8-14-28-16-21)30-31-27(32)35-19(4)26(34)29-22-11-7-9-20(15-22)18(3)33/h5-17,19H,1-4H3,(H,29,34). The van der Waals surface area contributed by atoms with Crippen molar-refractivity contribution in [2.24, 2.45) is 0 Å². The molecule has 0 aliphatic rings. The Labute approximate surface area is 209 Å². The first-order chi connectivity index (χ1) is 16.8. The molecule has 1 N–H and O–H groups in total. The van der Waals surface area contributed by atoms with E-state index in [1.165, 1.54) is 18.7 Å². The van der Waals surface area contributed by atoms with Crippen molar-refractivity contribution < 1.29 is 9.59 Å². The zero-order valence-corrected chi connectivity index (χ0v) is 20.9. The Morgan fingerprint density at radius 1 is 0.971 bits per heavy atom. The van der Waals surface area contributed by atoms with E-state index in [0.717, 1.165) is 16.8 Å². The number of thioether (sulfide) groups is 1. The molecule has 1 atom stereocenters. The van der Waals surface area contributed by atoms with Crippen LogP contribution in [-0.4, -0.2) is 36.7 Å². The van der Waals surface area contributed by atoms with Crippen LogP contribution in [0.4, 0.5) is 5.69 Å². The summed E-state index contributed by atoms with van der Waals surface area (Å²) in [4.78, 5) is 28.9. The Balaban J connectivity index is 1.67. The van der Waals surface area contributed by atoms with Crippen molar-refractivity contribution in [3.63, 3.8) is 0 Å². The van der Waals surface area contributed by atoms with Gasteiger partial charge < -0.3 is 5.32 Å². The lowest BCUT2D eigenvalue weighted by Crippen LogP contribution is -2.23. The fourth-order valence-corrected chi connectivity index (χ4v) is 4.56. The lowest BCUT2D eigenvalue weighted by atomic mass is 10.0. The van der Waals surface area contributed by atoms with Crippen molar-refractivity contribution in [1.82, 2.24) is 19.7 Å². The van der Waals surface area contributed by atoms with Gasteiger partial charge in [0, 0.05) is 29.2 Å². The van der Waals surface area contributed by atoms with Crippen molar-refractivity contribution in [1.29, 1.82) is 0 Å². The van der Waals surface area contributed by atoms with Crippen LogP contribution in [0.1, 0.15) is 49.5 Å². The number of hydrogen-bond acceptors (Lipinski definition) is 6. The lowest BCUT2D eigenvalue weighted by Gasteiger charge is -2.18. The van der Waals surface area contributed by atoms with Crippen LogP contribution in [-0.2, 0) is 4.79 Å². The number of para-hydroxylation sites is 1. The lowest BCUT2D eigenvalue weighted by molar-refractivity contribution is -0.115. The first-order valence-electron chi connectivity index (χ1n) is 11.4. The number of Topliss-reactive ketones (excluding diaryl/α,β-unsaturated/α-hetero) is 1. The van der Waals surface area contributed by atoms with Crippen LogP contribution in [0.25, 0.3) is 17.1 Å². The fourth-order valence-electron chi connectivity index (χ4n) is 3.70. The number of nitrogens with zero attached hydrogens (tertiary/aromatic N) is 4. The Bertz CT molecular complexity index is 1350. The van der Waals surface area contributed by atoms with Crippen LogP contribution < -0.4 is 5.32 Å². The van der Waals surface area contributed by atoms with Crippen LogP contribution in [0, 0.1) is 0 Å². The van der Waals surface area contributed by atoms with E-state index in [-0.39, 0.29) is 17.6 Å². The van der Waals surface area contributed by atoms with Crippen LogP contribution in [0.2, 0.25) is 0 Å². The molecule has 0 saturated heterocycles. The zero-order chi connectivity index (χ0) is 24.9. The van der Waals surface area contributed by atoms with Gasteiger partial charge >= 0.3 is 0 Å². The molecular formula is C27H27N5O2S. The number of nitrogens with one attached hydrogen (secondary N) is 1. The molecule has 2 heterocycles. The highest BCUT2D eigenvalue weighted by Crippen LogP contribution is 2.33. The van der Waals surface area contributed by atoms with Crippen molar-refractivity contribution in [2.45, 2.75) is 44.0 Å². The molecule has 7 nitrogen and oxygen atoms in total. The maximum absolute atomic E-state index is 13.0. The number of carbonyl (C=O) groups excluding carboxylic acids is 2. The first-order valence-corrected chi connectivity index (χ1v) is 12.3. The first kappa shape index (κ1) is 24.3. The van der Waals surface area contributed by atoms with Crippen molar-refractivity contribution in [2.75, 3.05) is 5.32 Å². The molecule has 4 rings (SSSR count). The van der Waals surface area contributed by atoms with Gasteiger partial charge in [0.2, 0.25) is 5.91 Å². The van der Waals surface area contributed by atoms with E-state index in [9.17, 15) is 9.59 Å². The van der Waals surface area contributed by atoms with Gasteiger partial charge in [0.05, 0.1) is 10.9 Å². The van der Waals surface area contributed by atoms with Crippen LogP contribution in [0.3, 0.4) is 0 Å². The number of amides is 1. The molecule has 2 aromatic carbocycles. The number of hydrogen-bond donors (Lipinski definition) is 1. The zero-order valence-electron chi connectivity index (χ0n) is 20.1. The van der Waals surface area contributed by atoms with E-state index in [4.69, 9.17) is 0 Å². The molecule has 8 heteroatoms. The number of anilines is 1. The van der Waals surface area contributed by atoms with Crippen LogP contribution in [0.5, 0.6) is 0 Å². The molecule has 0 spiro atoms. The monoisotopic (exact) mass is 485 g/mol. The summed E-state index contributed by atoms with van der Waals surface area (Å²) in [7, 11) is 0. The van der Waals surface area contributed by atoms with Crippen molar-refractivity contribution in [3.05, 3.63) is 84.2 Å². The van der Waals surface area contributed by atoms with Gasteiger partial charge in [-0.1, -0.05) is 55.9 Å². The Hall–Kier alpha value is -3.78. The van der Waals surface area contributed by atoms with Gasteiger partial charge in [0.15, 0.2) is 16.8 Å². The molecule has 0 bridgehead atoms. The summed E-state index contributed by atoms with van der Waals surface area (Å²) in [5.41, 5.74) is 4.09.